The lowest BCUT2D eigenvalue weighted by molar-refractivity contribution is -0.138. The number of carbonyl (C=O) groups is 1. The van der Waals surface area contributed by atoms with E-state index in [0.29, 0.717) is 13.0 Å². The van der Waals surface area contributed by atoms with Crippen LogP contribution in [0.1, 0.15) is 31.2 Å². The first-order chi connectivity index (χ1) is 14.2. The third-order valence-electron chi connectivity index (χ3n) is 6.29. The fourth-order valence-electron chi connectivity index (χ4n) is 4.79. The number of rotatable bonds is 3. The second-order valence-electron chi connectivity index (χ2n) is 8.35. The van der Waals surface area contributed by atoms with Gasteiger partial charge >= 0.3 is 0 Å². The molecule has 0 saturated carbocycles. The number of fused-ring (bicyclic) bond motifs is 1. The van der Waals surface area contributed by atoms with Gasteiger partial charge in [0.15, 0.2) is 0 Å². The molecule has 2 aromatic heterocycles. The molecule has 0 bridgehead atoms. The lowest BCUT2D eigenvalue weighted by Gasteiger charge is -2.48. The van der Waals surface area contributed by atoms with Gasteiger partial charge in [0.1, 0.15) is 5.82 Å². The summed E-state index contributed by atoms with van der Waals surface area (Å²) in [6, 6.07) is 12.0. The quantitative estimate of drug-likeness (QED) is 0.689. The van der Waals surface area contributed by atoms with Crippen molar-refractivity contribution in [3.8, 4) is 0 Å². The van der Waals surface area contributed by atoms with Gasteiger partial charge in [-0.25, -0.2) is 4.98 Å². The molecule has 3 aromatic rings. The molecule has 2 saturated heterocycles. The molecular formula is C23H25N5O. The molecule has 2 fully saturated rings. The number of likely N-dealkylation sites (tertiary alicyclic amines) is 1. The number of carbonyl (C=O) groups excluding carboxylic acids is 1. The van der Waals surface area contributed by atoms with Crippen molar-refractivity contribution in [1.29, 1.82) is 0 Å². The molecule has 6 heteroatoms. The minimum Gasteiger partial charge on any atom is -0.355 e. The van der Waals surface area contributed by atoms with Crippen molar-refractivity contribution >= 4 is 22.8 Å². The third-order valence-corrected chi connectivity index (χ3v) is 6.29. The van der Waals surface area contributed by atoms with Crippen LogP contribution in [0, 0.1) is 5.41 Å². The average molecular weight is 387 g/mol. The summed E-state index contributed by atoms with van der Waals surface area (Å²) in [5, 5.41) is 0. The van der Waals surface area contributed by atoms with E-state index < -0.39 is 0 Å². The van der Waals surface area contributed by atoms with Crippen LogP contribution < -0.4 is 4.90 Å². The summed E-state index contributed by atoms with van der Waals surface area (Å²) in [7, 11) is 0. The number of hydrogen-bond acceptors (Lipinski definition) is 5. The number of anilines is 1. The topological polar surface area (TPSA) is 62.2 Å². The van der Waals surface area contributed by atoms with Crippen LogP contribution in [0.15, 0.2) is 55.0 Å². The zero-order chi connectivity index (χ0) is 19.7. The van der Waals surface area contributed by atoms with E-state index in [1.807, 2.05) is 47.5 Å². The van der Waals surface area contributed by atoms with Crippen molar-refractivity contribution in [3.63, 3.8) is 0 Å². The van der Waals surface area contributed by atoms with Crippen molar-refractivity contribution in [3.05, 3.63) is 60.6 Å². The van der Waals surface area contributed by atoms with Crippen LogP contribution in [0.4, 0.5) is 5.82 Å². The van der Waals surface area contributed by atoms with Crippen molar-refractivity contribution in [2.45, 2.75) is 32.2 Å². The molecule has 0 N–H and O–H groups in total. The van der Waals surface area contributed by atoms with Crippen molar-refractivity contribution in [1.82, 2.24) is 19.9 Å². The van der Waals surface area contributed by atoms with E-state index in [2.05, 4.69) is 14.9 Å². The molecule has 6 nitrogen and oxygen atoms in total. The number of hydrogen-bond donors (Lipinski definition) is 0. The van der Waals surface area contributed by atoms with Gasteiger partial charge < -0.3 is 9.80 Å². The summed E-state index contributed by atoms with van der Waals surface area (Å²) in [6.45, 7) is 3.40. The van der Waals surface area contributed by atoms with Crippen molar-refractivity contribution in [2.24, 2.45) is 5.41 Å². The molecular weight excluding hydrogens is 362 g/mol. The fourth-order valence-corrected chi connectivity index (χ4v) is 4.79. The minimum absolute atomic E-state index is 0.131. The number of benzene rings is 1. The van der Waals surface area contributed by atoms with Crippen molar-refractivity contribution in [2.75, 3.05) is 24.5 Å². The maximum Gasteiger partial charge on any atom is 0.222 e. The van der Waals surface area contributed by atoms with E-state index in [1.54, 1.807) is 12.4 Å². The number of amides is 1. The maximum absolute atomic E-state index is 12.6. The van der Waals surface area contributed by atoms with Gasteiger partial charge in [0.2, 0.25) is 5.91 Å². The first kappa shape index (κ1) is 18.0. The molecule has 148 valence electrons. The molecule has 0 radical (unpaired) electrons. The zero-order valence-electron chi connectivity index (χ0n) is 16.5. The normalized spacial score (nSPS) is 22.4. The summed E-state index contributed by atoms with van der Waals surface area (Å²) in [6.07, 6.45) is 9.33. The zero-order valence-corrected chi connectivity index (χ0v) is 16.5. The van der Waals surface area contributed by atoms with Crippen molar-refractivity contribution < 1.29 is 4.79 Å². The monoisotopic (exact) mass is 387 g/mol. The van der Waals surface area contributed by atoms with Crippen LogP contribution in [0.5, 0.6) is 0 Å². The van der Waals surface area contributed by atoms with E-state index in [0.717, 1.165) is 61.3 Å². The van der Waals surface area contributed by atoms with E-state index in [1.165, 1.54) is 0 Å². The number of aromatic nitrogens is 3. The Balaban J connectivity index is 1.36. The lowest BCUT2D eigenvalue weighted by atomic mass is 9.73. The highest BCUT2D eigenvalue weighted by molar-refractivity contribution is 5.77. The summed E-state index contributed by atoms with van der Waals surface area (Å²) in [4.78, 5) is 30.5. The lowest BCUT2D eigenvalue weighted by Crippen LogP contribution is -2.54. The summed E-state index contributed by atoms with van der Waals surface area (Å²) in [5.74, 6) is 1.20. The third kappa shape index (κ3) is 3.67. The van der Waals surface area contributed by atoms with Crippen LogP contribution in [0.2, 0.25) is 0 Å². The molecule has 0 aliphatic carbocycles. The minimum atomic E-state index is 0.131. The molecule has 1 aromatic carbocycles. The molecule has 4 heterocycles. The smallest absolute Gasteiger partial charge is 0.222 e. The van der Waals surface area contributed by atoms with E-state index in [-0.39, 0.29) is 11.3 Å². The molecule has 2 aliphatic heterocycles. The number of nitrogens with zero attached hydrogens (tertiary/aromatic N) is 5. The summed E-state index contributed by atoms with van der Waals surface area (Å²) < 4.78 is 0. The summed E-state index contributed by atoms with van der Waals surface area (Å²) in [5.41, 5.74) is 3.13. The molecule has 0 unspecified atom stereocenters. The highest BCUT2D eigenvalue weighted by Crippen LogP contribution is 2.40. The number of pyridine rings is 1. The number of para-hydroxylation sites is 2. The van der Waals surface area contributed by atoms with E-state index in [4.69, 9.17) is 4.98 Å². The molecule has 1 spiro atoms. The Hall–Kier alpha value is -3.02. The van der Waals surface area contributed by atoms with Crippen LogP contribution in [0.25, 0.3) is 11.0 Å². The van der Waals surface area contributed by atoms with Gasteiger partial charge in [-0.2, -0.15) is 0 Å². The molecule has 1 amide bonds. The summed E-state index contributed by atoms with van der Waals surface area (Å²) >= 11 is 0. The highest BCUT2D eigenvalue weighted by Gasteiger charge is 2.42. The first-order valence-electron chi connectivity index (χ1n) is 10.3. The molecule has 5 rings (SSSR count). The Morgan fingerprint density at radius 1 is 1.00 bits per heavy atom. The van der Waals surface area contributed by atoms with Gasteiger partial charge in [0.25, 0.3) is 0 Å². The van der Waals surface area contributed by atoms with E-state index in [9.17, 15) is 4.79 Å². The van der Waals surface area contributed by atoms with Gasteiger partial charge in [0.05, 0.1) is 17.2 Å². The predicted molar refractivity (Wildman–Crippen MR) is 112 cm³/mol. The van der Waals surface area contributed by atoms with Crippen LogP contribution in [-0.4, -0.2) is 45.4 Å². The highest BCUT2D eigenvalue weighted by atomic mass is 16.2. The SMILES string of the molecule is O=C1CC[C@]2(CCCN(c3cnc4ccccc4n3)C2)CN1Cc1ccncc1. The molecule has 29 heavy (non-hydrogen) atoms. The van der Waals surface area contributed by atoms with Crippen LogP contribution in [0.3, 0.4) is 0 Å². The number of piperidine rings is 2. The van der Waals surface area contributed by atoms with Gasteiger partial charge in [-0.05, 0) is 49.1 Å². The average Bonchev–Trinajstić information content (AvgIpc) is 2.77. The first-order valence-corrected chi connectivity index (χ1v) is 10.3. The Bertz CT molecular complexity index is 1020. The molecule has 2 aliphatic rings. The second kappa shape index (κ2) is 7.43. The standard InChI is InChI=1S/C23H25N5O/c29-22-6-10-23(17-28(22)15-18-7-11-24-12-8-18)9-3-13-27(16-23)21-14-25-19-4-1-2-5-20(19)26-21/h1-2,4-5,7-8,11-12,14H,3,6,9-10,13,15-17H2/t23-/m0/s1. The van der Waals surface area contributed by atoms with Gasteiger partial charge in [0, 0.05) is 50.4 Å². The van der Waals surface area contributed by atoms with Gasteiger partial charge in [-0.3, -0.25) is 14.8 Å². The van der Waals surface area contributed by atoms with E-state index >= 15 is 0 Å². The Morgan fingerprint density at radius 3 is 2.69 bits per heavy atom. The predicted octanol–water partition coefficient (Wildman–Crippen LogP) is 3.43. The maximum atomic E-state index is 12.6. The van der Waals surface area contributed by atoms with Crippen LogP contribution >= 0.6 is 0 Å². The van der Waals surface area contributed by atoms with Crippen LogP contribution in [-0.2, 0) is 11.3 Å². The Morgan fingerprint density at radius 2 is 1.83 bits per heavy atom. The Kier molecular flexibility index (Phi) is 4.62. The van der Waals surface area contributed by atoms with Gasteiger partial charge in [-0.1, -0.05) is 12.1 Å². The second-order valence-corrected chi connectivity index (χ2v) is 8.35. The largest absolute Gasteiger partial charge is 0.355 e. The Labute approximate surface area is 170 Å². The van der Waals surface area contributed by atoms with Gasteiger partial charge in [-0.15, -0.1) is 0 Å². The fraction of sp³-hybridized carbons (Fsp3) is 0.391. The molecule has 1 atom stereocenters.